The predicted molar refractivity (Wildman–Crippen MR) is 40.4 cm³/mol. The van der Waals surface area contributed by atoms with Crippen LogP contribution in [0.1, 0.15) is 27.2 Å². The van der Waals surface area contributed by atoms with Crippen LogP contribution in [0.5, 0.6) is 0 Å². The highest BCUT2D eigenvalue weighted by atomic mass is 32.2. The lowest BCUT2D eigenvalue weighted by molar-refractivity contribution is 1.05. The van der Waals surface area contributed by atoms with Gasteiger partial charge in [-0.05, 0) is 6.42 Å². The monoisotopic (exact) mass is 133 g/mol. The van der Waals surface area contributed by atoms with Crippen LogP contribution in [0.4, 0.5) is 0 Å². The molecule has 0 saturated carbocycles. The fourth-order valence-corrected chi connectivity index (χ4v) is 1.37. The van der Waals surface area contributed by atoms with Crippen LogP contribution in [0.15, 0.2) is 0 Å². The highest BCUT2D eigenvalue weighted by Crippen LogP contribution is 1.96. The topological polar surface area (TPSA) is 23.9 Å². The molecule has 0 heterocycles. The van der Waals surface area contributed by atoms with E-state index in [0.717, 1.165) is 12.2 Å². The Morgan fingerprint density at radius 2 is 2.00 bits per heavy atom. The molecule has 0 spiro atoms. The molecule has 1 nitrogen and oxygen atoms in total. The molecule has 0 aromatic heterocycles. The molecule has 0 bridgehead atoms. The summed E-state index contributed by atoms with van der Waals surface area (Å²) >= 11 is 0. The van der Waals surface area contributed by atoms with Crippen LogP contribution in [0, 0.1) is 4.78 Å². The lowest BCUT2D eigenvalue weighted by Gasteiger charge is -2.05. The molecule has 1 atom stereocenters. The van der Waals surface area contributed by atoms with Gasteiger partial charge in [0.1, 0.15) is 0 Å². The van der Waals surface area contributed by atoms with E-state index in [4.69, 9.17) is 4.78 Å². The molecule has 8 heavy (non-hydrogen) atoms. The number of hydrogen-bond donors (Lipinski definition) is 1. The van der Waals surface area contributed by atoms with Crippen molar-refractivity contribution < 1.29 is 0 Å². The van der Waals surface area contributed by atoms with E-state index in [1.807, 2.05) is 0 Å². The Bertz CT molecular complexity index is 78.6. The molecule has 1 N–H and O–H groups in total. The van der Waals surface area contributed by atoms with E-state index in [1.165, 1.54) is 0 Å². The normalized spacial score (nSPS) is 14.5. The molecule has 0 aromatic rings. The van der Waals surface area contributed by atoms with Gasteiger partial charge in [-0.1, -0.05) is 20.8 Å². The molecular formula is C6H15NS. The summed E-state index contributed by atoms with van der Waals surface area (Å²) in [4.78, 5) is 0. The Balaban J connectivity index is 3.33. The molecule has 0 radical (unpaired) electrons. The third-order valence-electron chi connectivity index (χ3n) is 0.993. The molecule has 50 valence electrons. The van der Waals surface area contributed by atoms with Gasteiger partial charge in [0.15, 0.2) is 0 Å². The first kappa shape index (κ1) is 8.15. The molecular weight excluding hydrogens is 118 g/mol. The average molecular weight is 133 g/mol. The Morgan fingerprint density at radius 1 is 1.50 bits per heavy atom. The average Bonchev–Trinajstić information content (AvgIpc) is 1.67. The van der Waals surface area contributed by atoms with Gasteiger partial charge >= 0.3 is 0 Å². The predicted octanol–water partition coefficient (Wildman–Crippen LogP) is 2.19. The fourth-order valence-electron chi connectivity index (χ4n) is 0.456. The van der Waals surface area contributed by atoms with Gasteiger partial charge in [0.25, 0.3) is 0 Å². The number of hydrogen-bond acceptors (Lipinski definition) is 1. The quantitative estimate of drug-likeness (QED) is 0.610. The van der Waals surface area contributed by atoms with E-state index in [9.17, 15) is 0 Å². The van der Waals surface area contributed by atoms with Gasteiger partial charge in [0.05, 0.1) is 0 Å². The standard InChI is InChI=1S/C6H15NS/c1-4-5-8(7)6(2)3/h6-7H,4-5H2,1-3H3. The van der Waals surface area contributed by atoms with Gasteiger partial charge in [0.2, 0.25) is 0 Å². The third-order valence-corrected chi connectivity index (χ3v) is 2.98. The van der Waals surface area contributed by atoms with E-state index in [1.54, 1.807) is 0 Å². The molecule has 0 saturated heterocycles. The van der Waals surface area contributed by atoms with Gasteiger partial charge in [-0.15, -0.1) is 10.7 Å². The zero-order chi connectivity index (χ0) is 6.57. The maximum Gasteiger partial charge on any atom is 0.00958 e. The summed E-state index contributed by atoms with van der Waals surface area (Å²) in [5.74, 6) is 1.08. The van der Waals surface area contributed by atoms with Crippen LogP contribution in [-0.4, -0.2) is 11.0 Å². The number of nitrogens with one attached hydrogen (secondary N) is 1. The summed E-state index contributed by atoms with van der Waals surface area (Å²) < 4.78 is 7.45. The Hall–Kier alpha value is 0.150. The van der Waals surface area contributed by atoms with Crippen LogP contribution >= 0.6 is 0 Å². The van der Waals surface area contributed by atoms with Crippen molar-refractivity contribution in [3.8, 4) is 0 Å². The molecule has 0 aliphatic carbocycles. The molecule has 0 rings (SSSR count). The van der Waals surface area contributed by atoms with Crippen LogP contribution in [0.3, 0.4) is 0 Å². The minimum Gasteiger partial charge on any atom is -0.280 e. The van der Waals surface area contributed by atoms with Gasteiger partial charge in [0, 0.05) is 11.0 Å². The van der Waals surface area contributed by atoms with Crippen molar-refractivity contribution >= 4 is 10.7 Å². The van der Waals surface area contributed by atoms with Crippen molar-refractivity contribution in [2.75, 3.05) is 5.75 Å². The summed E-state index contributed by atoms with van der Waals surface area (Å²) in [5.41, 5.74) is 0. The summed E-state index contributed by atoms with van der Waals surface area (Å²) in [6.45, 7) is 6.37. The summed E-state index contributed by atoms with van der Waals surface area (Å²) in [7, 11) is -0.0718. The molecule has 1 unspecified atom stereocenters. The van der Waals surface area contributed by atoms with E-state index in [2.05, 4.69) is 20.8 Å². The second-order valence-corrected chi connectivity index (χ2v) is 4.39. The molecule has 0 aromatic carbocycles. The van der Waals surface area contributed by atoms with Crippen molar-refractivity contribution in [3.63, 3.8) is 0 Å². The van der Waals surface area contributed by atoms with Crippen molar-refractivity contribution in [2.45, 2.75) is 32.4 Å². The second-order valence-electron chi connectivity index (χ2n) is 2.18. The third kappa shape index (κ3) is 3.19. The van der Waals surface area contributed by atoms with E-state index < -0.39 is 0 Å². The zero-order valence-electron chi connectivity index (χ0n) is 5.90. The summed E-state index contributed by atoms with van der Waals surface area (Å²) in [5, 5.41) is 0.565. The van der Waals surface area contributed by atoms with Crippen molar-refractivity contribution in [3.05, 3.63) is 0 Å². The van der Waals surface area contributed by atoms with Crippen LogP contribution in [0.25, 0.3) is 0 Å². The maximum atomic E-state index is 7.45. The Kier molecular flexibility index (Phi) is 4.15. The zero-order valence-corrected chi connectivity index (χ0v) is 6.72. The van der Waals surface area contributed by atoms with Gasteiger partial charge < -0.3 is 0 Å². The van der Waals surface area contributed by atoms with E-state index in [-0.39, 0.29) is 10.7 Å². The van der Waals surface area contributed by atoms with Gasteiger partial charge in [-0.25, -0.2) is 0 Å². The molecule has 2 heteroatoms. The summed E-state index contributed by atoms with van der Waals surface area (Å²) in [6.07, 6.45) is 1.16. The molecule has 0 amide bonds. The minimum atomic E-state index is -0.0718. The first-order valence-corrected chi connectivity index (χ1v) is 4.55. The smallest absolute Gasteiger partial charge is 0.00958 e. The van der Waals surface area contributed by atoms with Gasteiger partial charge in [-0.2, -0.15) is 0 Å². The van der Waals surface area contributed by atoms with Crippen molar-refractivity contribution in [1.29, 1.82) is 4.78 Å². The highest BCUT2D eigenvalue weighted by Gasteiger charge is 1.96. The highest BCUT2D eigenvalue weighted by molar-refractivity contribution is 7.86. The first-order valence-electron chi connectivity index (χ1n) is 3.09. The molecule has 0 fully saturated rings. The lowest BCUT2D eigenvalue weighted by Crippen LogP contribution is -2.06. The van der Waals surface area contributed by atoms with E-state index >= 15 is 0 Å². The van der Waals surface area contributed by atoms with Crippen LogP contribution in [-0.2, 0) is 10.7 Å². The number of rotatable bonds is 3. The second kappa shape index (κ2) is 4.07. The first-order chi connectivity index (χ1) is 3.68. The Labute approximate surface area is 54.4 Å². The molecule has 0 aliphatic heterocycles. The molecule has 0 aliphatic rings. The lowest BCUT2D eigenvalue weighted by atomic mass is 10.6. The maximum absolute atomic E-state index is 7.45. The van der Waals surface area contributed by atoms with Gasteiger partial charge in [-0.3, -0.25) is 4.78 Å². The minimum absolute atomic E-state index is 0.0718. The van der Waals surface area contributed by atoms with Crippen LogP contribution in [0.2, 0.25) is 0 Å². The SMILES string of the molecule is CCCS(=N)C(C)C. The Morgan fingerprint density at radius 3 is 2.12 bits per heavy atom. The largest absolute Gasteiger partial charge is 0.280 e. The van der Waals surface area contributed by atoms with Crippen LogP contribution < -0.4 is 0 Å². The van der Waals surface area contributed by atoms with Crippen molar-refractivity contribution in [1.82, 2.24) is 0 Å². The fraction of sp³-hybridized carbons (Fsp3) is 1.00. The summed E-state index contributed by atoms with van der Waals surface area (Å²) in [6, 6.07) is 0. The van der Waals surface area contributed by atoms with Crippen molar-refractivity contribution in [2.24, 2.45) is 0 Å². The van der Waals surface area contributed by atoms with E-state index in [0.29, 0.717) is 5.25 Å².